The van der Waals surface area contributed by atoms with Gasteiger partial charge in [0.2, 0.25) is 0 Å². The van der Waals surface area contributed by atoms with E-state index in [1.165, 1.54) is 11.0 Å². The summed E-state index contributed by atoms with van der Waals surface area (Å²) in [5.74, 6) is 5.43. The number of carbonyl (C=O) groups excluding carboxylic acids is 1. The quantitative estimate of drug-likeness (QED) is 0.593. The highest BCUT2D eigenvalue weighted by atomic mass is 32.2. The third-order valence-corrected chi connectivity index (χ3v) is 15.2. The van der Waals surface area contributed by atoms with E-state index >= 15 is 0 Å². The van der Waals surface area contributed by atoms with Gasteiger partial charge in [0.15, 0.2) is 0 Å². The number of nitrogens with zero attached hydrogens (tertiary/aromatic N) is 3. The van der Waals surface area contributed by atoms with Gasteiger partial charge < -0.3 is 0 Å². The number of thioether (sulfide) groups is 2. The Labute approximate surface area is 197 Å². The predicted octanol–water partition coefficient (Wildman–Crippen LogP) is 2.34. The largest absolute Gasteiger partial charge is 0.352 e. The van der Waals surface area contributed by atoms with Gasteiger partial charge in [0.25, 0.3) is 0 Å². The van der Waals surface area contributed by atoms with Crippen molar-refractivity contribution in [3.63, 3.8) is 0 Å². The number of ketones is 1. The van der Waals surface area contributed by atoms with Crippen LogP contribution in [-0.4, -0.2) is 35.3 Å². The lowest BCUT2D eigenvalue weighted by Crippen LogP contribution is -2.80. The number of fused-ring (bicyclic) bond motifs is 2. The normalized spacial score (nSPS) is 51.1. The predicted molar refractivity (Wildman–Crippen MR) is 125 cm³/mol. The van der Waals surface area contributed by atoms with Crippen LogP contribution in [-0.2, 0) is 4.79 Å². The van der Waals surface area contributed by atoms with Crippen LogP contribution < -0.4 is 11.4 Å². The summed E-state index contributed by atoms with van der Waals surface area (Å²) in [6.45, 7) is 0. The van der Waals surface area contributed by atoms with E-state index in [0.717, 1.165) is 11.5 Å². The second-order valence-corrected chi connectivity index (χ2v) is 14.3. The molecule has 8 heteroatoms. The number of aromatic nitrogens is 3. The molecule has 0 radical (unpaired) electrons. The Balaban J connectivity index is 1.35. The minimum absolute atomic E-state index is 0.0198. The first-order chi connectivity index (χ1) is 16.1. The maximum atomic E-state index is 14.4. The summed E-state index contributed by atoms with van der Waals surface area (Å²) in [5.41, 5.74) is -0.649. The standard InChI is InChI=1S/C25H21N3O3S2/c29-20-16-12-10-13-17(16)25(32-8-9-33-25)24-15-7-6-14(23(20,24)18(12)19(13)24)27-21(30)26(22(31)28(15)27)11-4-2-1-3-5-11/h1-7,12-19H,8-10H2/t12-,13+,14+,15-,16-,17+,18+,19-,23+,24+/m0/s1. The zero-order chi connectivity index (χ0) is 21.6. The van der Waals surface area contributed by atoms with Crippen molar-refractivity contribution in [1.82, 2.24) is 13.9 Å². The van der Waals surface area contributed by atoms with Crippen LogP contribution in [0.3, 0.4) is 0 Å². The zero-order valence-corrected chi connectivity index (χ0v) is 19.3. The highest BCUT2D eigenvalue weighted by Crippen LogP contribution is 3.01. The number of para-hydroxylation sites is 1. The van der Waals surface area contributed by atoms with Crippen LogP contribution in [0.25, 0.3) is 5.69 Å². The molecule has 0 amide bonds. The smallest absolute Gasteiger partial charge is 0.299 e. The van der Waals surface area contributed by atoms with Crippen molar-refractivity contribution in [2.45, 2.75) is 22.6 Å². The Bertz CT molecular complexity index is 1500. The van der Waals surface area contributed by atoms with Crippen LogP contribution in [0.2, 0.25) is 0 Å². The van der Waals surface area contributed by atoms with Gasteiger partial charge in [-0.2, -0.15) is 0 Å². The first-order valence-corrected chi connectivity index (χ1v) is 14.1. The number of carbonyl (C=O) groups is 1. The van der Waals surface area contributed by atoms with Crippen LogP contribution in [0, 0.1) is 46.3 Å². The van der Waals surface area contributed by atoms with E-state index in [2.05, 4.69) is 35.7 Å². The van der Waals surface area contributed by atoms with Gasteiger partial charge >= 0.3 is 11.4 Å². The van der Waals surface area contributed by atoms with Gasteiger partial charge in [0, 0.05) is 22.8 Å². The Morgan fingerprint density at radius 2 is 1.52 bits per heavy atom. The third kappa shape index (κ3) is 1.24. The molecular weight excluding hydrogens is 454 g/mol. The number of rotatable bonds is 1. The molecule has 10 atom stereocenters. The van der Waals surface area contributed by atoms with Gasteiger partial charge in [0.05, 0.1) is 27.3 Å². The van der Waals surface area contributed by atoms with Crippen molar-refractivity contribution >= 4 is 29.3 Å². The molecule has 0 unspecified atom stereocenters. The first kappa shape index (κ1) is 17.5. The summed E-state index contributed by atoms with van der Waals surface area (Å²) in [7, 11) is 0. The fourth-order valence-electron chi connectivity index (χ4n) is 11.4. The van der Waals surface area contributed by atoms with Crippen molar-refractivity contribution in [3.05, 3.63) is 63.5 Å². The molecule has 1 aromatic carbocycles. The molecule has 6 nitrogen and oxygen atoms in total. The Hall–Kier alpha value is -1.93. The molecule has 4 heterocycles. The van der Waals surface area contributed by atoms with Gasteiger partial charge in [0.1, 0.15) is 5.78 Å². The second kappa shape index (κ2) is 4.76. The molecule has 6 aliphatic carbocycles. The fraction of sp³-hybridized carbons (Fsp3) is 0.560. The zero-order valence-electron chi connectivity index (χ0n) is 17.7. The van der Waals surface area contributed by atoms with E-state index in [0.29, 0.717) is 41.1 Å². The summed E-state index contributed by atoms with van der Waals surface area (Å²) >= 11 is 4.21. The molecule has 5 saturated carbocycles. The van der Waals surface area contributed by atoms with Crippen LogP contribution in [0.4, 0.5) is 0 Å². The lowest BCUT2D eigenvalue weighted by atomic mass is 9.33. The minimum atomic E-state index is -0.488. The van der Waals surface area contributed by atoms with E-state index in [4.69, 9.17) is 0 Å². The summed E-state index contributed by atoms with van der Waals surface area (Å²) in [6.07, 6.45) is 5.53. The third-order valence-electron chi connectivity index (χ3n) is 11.3. The van der Waals surface area contributed by atoms with Gasteiger partial charge in [-0.15, -0.1) is 23.5 Å². The Kier molecular flexibility index (Phi) is 2.52. The number of hydrogen-bond acceptors (Lipinski definition) is 5. The van der Waals surface area contributed by atoms with E-state index in [1.54, 1.807) is 9.36 Å². The summed E-state index contributed by atoms with van der Waals surface area (Å²) < 4.78 is 4.83. The fourth-order valence-corrected chi connectivity index (χ4v) is 15.8. The SMILES string of the molecule is O=C1[C@H]2[C@@H]3C[C@@H]4[C@H]2C2(SCCS2)[C@]25[C@@H]4[C@@H]3[C@]12[C@H]1C=C[C@@H]5n2c(=O)n(-c3ccccc3)c(=O)n21. The molecule has 2 aromatic rings. The molecule has 3 aliphatic heterocycles. The topological polar surface area (TPSA) is 66.0 Å². The molecule has 6 fully saturated rings. The average molecular weight is 476 g/mol. The Morgan fingerprint density at radius 3 is 2.27 bits per heavy atom. The minimum Gasteiger partial charge on any atom is -0.299 e. The monoisotopic (exact) mass is 475 g/mol. The second-order valence-electron chi connectivity index (χ2n) is 11.3. The van der Waals surface area contributed by atoms with Crippen LogP contribution in [0.15, 0.2) is 52.1 Å². The lowest BCUT2D eigenvalue weighted by molar-refractivity contribution is -0.239. The molecule has 33 heavy (non-hydrogen) atoms. The molecule has 3 spiro atoms. The van der Waals surface area contributed by atoms with Crippen LogP contribution in [0.1, 0.15) is 18.5 Å². The summed E-state index contributed by atoms with van der Waals surface area (Å²) in [4.78, 5) is 42.2. The van der Waals surface area contributed by atoms with Gasteiger partial charge in [-0.3, -0.25) is 4.79 Å². The number of Topliss-reactive ketones (excluding diaryl/α,β-unsaturated/α-hetero) is 1. The van der Waals surface area contributed by atoms with Crippen molar-refractivity contribution in [3.8, 4) is 5.69 Å². The van der Waals surface area contributed by atoms with Crippen molar-refractivity contribution < 1.29 is 4.79 Å². The molecule has 1 aromatic heterocycles. The molecular formula is C25H21N3O3S2. The van der Waals surface area contributed by atoms with Crippen molar-refractivity contribution in [2.75, 3.05) is 11.5 Å². The van der Waals surface area contributed by atoms with Gasteiger partial charge in [-0.25, -0.2) is 23.5 Å². The summed E-state index contributed by atoms with van der Waals surface area (Å²) in [6, 6.07) is 8.72. The van der Waals surface area contributed by atoms with Gasteiger partial charge in [-0.1, -0.05) is 30.4 Å². The van der Waals surface area contributed by atoms with Crippen molar-refractivity contribution in [2.24, 2.45) is 46.3 Å². The van der Waals surface area contributed by atoms with E-state index < -0.39 is 5.41 Å². The highest BCUT2D eigenvalue weighted by molar-refractivity contribution is 8.21. The van der Waals surface area contributed by atoms with Crippen molar-refractivity contribution in [1.29, 1.82) is 0 Å². The van der Waals surface area contributed by atoms with Gasteiger partial charge in [-0.05, 0) is 48.1 Å². The van der Waals surface area contributed by atoms with E-state index in [-0.39, 0.29) is 38.9 Å². The maximum absolute atomic E-state index is 14.4. The average Bonchev–Trinajstić information content (AvgIpc) is 3.58. The molecule has 4 bridgehead atoms. The van der Waals surface area contributed by atoms with E-state index in [1.807, 2.05) is 30.3 Å². The van der Waals surface area contributed by atoms with E-state index in [9.17, 15) is 14.4 Å². The molecule has 166 valence electrons. The summed E-state index contributed by atoms with van der Waals surface area (Å²) in [5, 5.41) is 0. The number of benzene rings is 1. The number of hydrogen-bond donors (Lipinski definition) is 0. The molecule has 0 N–H and O–H groups in total. The maximum Gasteiger partial charge on any atom is 0.352 e. The number of allylic oxidation sites excluding steroid dienone is 2. The molecule has 9 aliphatic rings. The lowest BCUT2D eigenvalue weighted by Gasteiger charge is -2.75. The van der Waals surface area contributed by atoms with Crippen LogP contribution >= 0.6 is 23.5 Å². The highest BCUT2D eigenvalue weighted by Gasteiger charge is 3.03. The van der Waals surface area contributed by atoms with Crippen LogP contribution in [0.5, 0.6) is 0 Å². The first-order valence-electron chi connectivity index (χ1n) is 12.1. The molecule has 11 rings (SSSR count). The molecule has 1 saturated heterocycles. The Morgan fingerprint density at radius 1 is 0.818 bits per heavy atom.